The molecule has 0 bridgehead atoms. The summed E-state index contributed by atoms with van der Waals surface area (Å²) in [5.41, 5.74) is 2.80. The Morgan fingerprint density at radius 2 is 1.79 bits per heavy atom. The van der Waals surface area contributed by atoms with Crippen molar-refractivity contribution in [2.45, 2.75) is 18.9 Å². The van der Waals surface area contributed by atoms with E-state index in [1.165, 1.54) is 12.1 Å². The van der Waals surface area contributed by atoms with Crippen molar-refractivity contribution in [3.8, 4) is 22.8 Å². The standard InChI is InChI=1S/C27H25N5O6/c1-36-22-10-7-17(14-23(22)37-2)21-11-13-29-24-15-20(31-32(21)24)25(33)30-18-8-5-16(6-9-18)26(34)38-27(35)19-4-3-12-28-19/h5-11,13-15,19,28H,3-4,12H2,1-2H3,(H,30,33)/t19-/m0/s1. The number of carbonyl (C=O) groups is 3. The van der Waals surface area contributed by atoms with E-state index in [2.05, 4.69) is 20.7 Å². The molecule has 194 valence electrons. The summed E-state index contributed by atoms with van der Waals surface area (Å²) in [5.74, 6) is -0.620. The molecule has 1 fully saturated rings. The van der Waals surface area contributed by atoms with Crippen molar-refractivity contribution < 1.29 is 28.6 Å². The molecule has 0 aliphatic carbocycles. The van der Waals surface area contributed by atoms with Crippen molar-refractivity contribution in [2.24, 2.45) is 0 Å². The van der Waals surface area contributed by atoms with E-state index >= 15 is 0 Å². The van der Waals surface area contributed by atoms with E-state index < -0.39 is 23.9 Å². The fourth-order valence-corrected chi connectivity index (χ4v) is 4.21. The lowest BCUT2D eigenvalue weighted by molar-refractivity contribution is -0.139. The second-order valence-corrected chi connectivity index (χ2v) is 8.59. The van der Waals surface area contributed by atoms with Gasteiger partial charge in [0.2, 0.25) is 0 Å². The molecule has 3 heterocycles. The van der Waals surface area contributed by atoms with Crippen molar-refractivity contribution in [3.05, 3.63) is 72.1 Å². The van der Waals surface area contributed by atoms with Crippen LogP contribution >= 0.6 is 0 Å². The number of ether oxygens (including phenoxy) is 3. The largest absolute Gasteiger partial charge is 0.493 e. The summed E-state index contributed by atoms with van der Waals surface area (Å²) in [6.45, 7) is 0.724. The molecule has 0 radical (unpaired) electrons. The number of methoxy groups -OCH3 is 2. The Bertz CT molecular complexity index is 1510. The summed E-state index contributed by atoms with van der Waals surface area (Å²) in [6, 6.07) is 14.4. The van der Waals surface area contributed by atoms with Crippen molar-refractivity contribution in [3.63, 3.8) is 0 Å². The molecule has 1 saturated heterocycles. The molecular formula is C27H25N5O6. The molecule has 0 spiro atoms. The van der Waals surface area contributed by atoms with Crippen LogP contribution in [0.2, 0.25) is 0 Å². The van der Waals surface area contributed by atoms with Crippen molar-refractivity contribution in [1.82, 2.24) is 19.9 Å². The number of nitrogens with one attached hydrogen (secondary N) is 2. The average molecular weight is 516 g/mol. The van der Waals surface area contributed by atoms with Gasteiger partial charge in [0.05, 0.1) is 25.5 Å². The second-order valence-electron chi connectivity index (χ2n) is 8.59. The maximum atomic E-state index is 12.9. The van der Waals surface area contributed by atoms with Crippen LogP contribution in [-0.4, -0.2) is 59.3 Å². The molecule has 2 aromatic carbocycles. The van der Waals surface area contributed by atoms with Crippen LogP contribution in [0.3, 0.4) is 0 Å². The number of rotatable bonds is 7. The van der Waals surface area contributed by atoms with Gasteiger partial charge in [0.15, 0.2) is 22.8 Å². The minimum atomic E-state index is -0.740. The van der Waals surface area contributed by atoms with Crippen LogP contribution in [0.5, 0.6) is 11.5 Å². The molecular weight excluding hydrogens is 490 g/mol. The molecule has 4 aromatic rings. The number of carbonyl (C=O) groups excluding carboxylic acids is 3. The molecule has 38 heavy (non-hydrogen) atoms. The lowest BCUT2D eigenvalue weighted by Crippen LogP contribution is -2.33. The molecule has 11 nitrogen and oxygen atoms in total. The van der Waals surface area contributed by atoms with Gasteiger partial charge in [-0.2, -0.15) is 5.10 Å². The molecule has 1 aliphatic heterocycles. The highest BCUT2D eigenvalue weighted by molar-refractivity contribution is 6.04. The van der Waals surface area contributed by atoms with Crippen molar-refractivity contribution >= 4 is 29.2 Å². The number of aromatic nitrogens is 3. The Kier molecular flexibility index (Phi) is 7.00. The summed E-state index contributed by atoms with van der Waals surface area (Å²) in [5, 5.41) is 10.2. The minimum Gasteiger partial charge on any atom is -0.493 e. The first kappa shape index (κ1) is 24.9. The number of fused-ring (bicyclic) bond motifs is 1. The van der Waals surface area contributed by atoms with Crippen LogP contribution < -0.4 is 20.1 Å². The summed E-state index contributed by atoms with van der Waals surface area (Å²) in [6.07, 6.45) is 3.14. The Morgan fingerprint density at radius 3 is 2.50 bits per heavy atom. The van der Waals surface area contributed by atoms with Gasteiger partial charge in [0.1, 0.15) is 6.04 Å². The lowest BCUT2D eigenvalue weighted by atomic mass is 10.1. The molecule has 11 heteroatoms. The smallest absolute Gasteiger partial charge is 0.345 e. The molecule has 0 saturated carbocycles. The van der Waals surface area contributed by atoms with Gasteiger partial charge in [-0.05, 0) is 67.9 Å². The summed E-state index contributed by atoms with van der Waals surface area (Å²) in [4.78, 5) is 41.6. The average Bonchev–Trinajstić information content (AvgIpc) is 3.63. The number of esters is 2. The highest BCUT2D eigenvalue weighted by Crippen LogP contribution is 2.32. The van der Waals surface area contributed by atoms with Crippen molar-refractivity contribution in [1.29, 1.82) is 0 Å². The minimum absolute atomic E-state index is 0.156. The maximum absolute atomic E-state index is 12.9. The number of hydrogen-bond acceptors (Lipinski definition) is 9. The van der Waals surface area contributed by atoms with E-state index in [0.29, 0.717) is 34.9 Å². The van der Waals surface area contributed by atoms with Gasteiger partial charge in [-0.15, -0.1) is 0 Å². The first-order chi connectivity index (χ1) is 18.5. The monoisotopic (exact) mass is 515 g/mol. The van der Waals surface area contributed by atoms with Crippen LogP contribution in [0.25, 0.3) is 16.9 Å². The van der Waals surface area contributed by atoms with Crippen LogP contribution in [0, 0.1) is 0 Å². The Hall–Kier alpha value is -4.77. The molecule has 5 rings (SSSR count). The van der Waals surface area contributed by atoms with Gasteiger partial charge >= 0.3 is 11.9 Å². The normalized spacial score (nSPS) is 14.7. The molecule has 0 unspecified atom stereocenters. The van der Waals surface area contributed by atoms with E-state index in [1.54, 1.807) is 55.3 Å². The third kappa shape index (κ3) is 5.04. The SMILES string of the molecule is COc1ccc(-c2ccnc3cc(C(=O)Nc4ccc(C(=O)OC(=O)[C@@H]5CCCN5)cc4)nn23)cc1OC. The molecule has 1 aliphatic rings. The third-order valence-corrected chi connectivity index (χ3v) is 6.19. The quantitative estimate of drug-likeness (QED) is 0.281. The van der Waals surface area contributed by atoms with Crippen LogP contribution in [-0.2, 0) is 9.53 Å². The third-order valence-electron chi connectivity index (χ3n) is 6.19. The van der Waals surface area contributed by atoms with E-state index in [-0.39, 0.29) is 11.3 Å². The zero-order valence-electron chi connectivity index (χ0n) is 20.8. The number of benzene rings is 2. The predicted octanol–water partition coefficient (Wildman–Crippen LogP) is 3.10. The summed E-state index contributed by atoms with van der Waals surface area (Å²) < 4.78 is 17.2. The highest BCUT2D eigenvalue weighted by Gasteiger charge is 2.26. The first-order valence-corrected chi connectivity index (χ1v) is 11.9. The number of nitrogens with zero attached hydrogens (tertiary/aromatic N) is 3. The predicted molar refractivity (Wildman–Crippen MR) is 137 cm³/mol. The van der Waals surface area contributed by atoms with Crippen LogP contribution in [0.15, 0.2) is 60.8 Å². The van der Waals surface area contributed by atoms with E-state index in [1.807, 2.05) is 12.1 Å². The Balaban J connectivity index is 1.30. The second kappa shape index (κ2) is 10.7. The molecule has 1 amide bonds. The van der Waals surface area contributed by atoms with E-state index in [4.69, 9.17) is 14.2 Å². The molecule has 2 aromatic heterocycles. The van der Waals surface area contributed by atoms with Gasteiger partial charge in [0.25, 0.3) is 5.91 Å². The Labute approximate surface area is 217 Å². The van der Waals surface area contributed by atoms with Gasteiger partial charge in [-0.1, -0.05) is 0 Å². The van der Waals surface area contributed by atoms with E-state index in [9.17, 15) is 14.4 Å². The summed E-state index contributed by atoms with van der Waals surface area (Å²) >= 11 is 0. The molecule has 1 atom stereocenters. The topological polar surface area (TPSA) is 133 Å². The number of hydrogen-bond donors (Lipinski definition) is 2. The summed E-state index contributed by atoms with van der Waals surface area (Å²) in [7, 11) is 3.12. The van der Waals surface area contributed by atoms with Gasteiger partial charge < -0.3 is 24.8 Å². The fourth-order valence-electron chi connectivity index (χ4n) is 4.21. The van der Waals surface area contributed by atoms with Crippen molar-refractivity contribution in [2.75, 3.05) is 26.1 Å². The van der Waals surface area contributed by atoms with E-state index in [0.717, 1.165) is 18.5 Å². The first-order valence-electron chi connectivity index (χ1n) is 11.9. The van der Waals surface area contributed by atoms with Gasteiger partial charge in [-0.25, -0.2) is 19.1 Å². The lowest BCUT2D eigenvalue weighted by Gasteiger charge is -2.10. The highest BCUT2D eigenvalue weighted by atomic mass is 16.6. The van der Waals surface area contributed by atoms with Gasteiger partial charge in [0, 0.05) is 23.5 Å². The van der Waals surface area contributed by atoms with Crippen LogP contribution in [0.4, 0.5) is 5.69 Å². The van der Waals surface area contributed by atoms with Gasteiger partial charge in [-0.3, -0.25) is 4.79 Å². The molecule has 2 N–H and O–H groups in total. The Morgan fingerprint density at radius 1 is 1.00 bits per heavy atom. The number of anilines is 1. The maximum Gasteiger partial charge on any atom is 0.345 e. The zero-order valence-corrected chi connectivity index (χ0v) is 20.8. The fraction of sp³-hybridized carbons (Fsp3) is 0.222. The zero-order chi connectivity index (χ0) is 26.6. The van der Waals surface area contributed by atoms with Crippen LogP contribution in [0.1, 0.15) is 33.7 Å². The number of amides is 1.